The average molecular weight is 575 g/mol. The number of hydrogen-bond acceptors (Lipinski definition) is 0. The van der Waals surface area contributed by atoms with Crippen molar-refractivity contribution in [1.82, 2.24) is 4.57 Å². The highest BCUT2D eigenvalue weighted by atomic mass is 79.9. The molecule has 3 heteroatoms. The van der Waals surface area contributed by atoms with Crippen molar-refractivity contribution in [2.24, 2.45) is 0 Å². The first kappa shape index (κ1) is 30.2. The zero-order valence-electron chi connectivity index (χ0n) is 22.9. The Morgan fingerprint density at radius 1 is 0.973 bits per heavy atom. The maximum absolute atomic E-state index is 6.45. The standard InChI is InChI=1S/C28H23BrClN.2C2H6.C2H2/c1-4-21-25-12-8-11-24-23-10-7-6-9-22(23)17(3)26(24)16-28(25)31(27(21)5-2)20-14-18(29)13-19(30)15-20;3*1-2/h4-17H,1-3H3;2*1-2H3;1-2H/b11-8?,12-8?,21-4-,24-11?,25-12?,26-16?,27-5+,28-16+;;;. The SMILES string of the molecule is C#C.C/C=c1/c2/c(n(-c3cc(Cl)cc(Br)c3)/c1=C/C)=C\C1=C(C=CC=2)c2ccccc2C1C.CC.CC. The number of halogens is 2. The fraction of sp³-hybridized carbons (Fsp3) is 0.235. The van der Waals surface area contributed by atoms with Crippen molar-refractivity contribution in [3.05, 3.63) is 102 Å². The molecule has 1 aromatic heterocycles. The lowest BCUT2D eigenvalue weighted by molar-refractivity contribution is 0.945. The number of fused-ring (bicyclic) bond motifs is 3. The molecule has 2 aromatic carbocycles. The van der Waals surface area contributed by atoms with E-state index >= 15 is 0 Å². The van der Waals surface area contributed by atoms with Crippen LogP contribution in [0.15, 0.2) is 64.7 Å². The number of allylic oxidation sites excluding steroid dienone is 4. The smallest absolute Gasteiger partial charge is 0.0544 e. The van der Waals surface area contributed by atoms with E-state index in [0.717, 1.165) is 10.2 Å². The average Bonchev–Trinajstić information content (AvgIpc) is 3.36. The van der Waals surface area contributed by atoms with Gasteiger partial charge >= 0.3 is 0 Å². The van der Waals surface area contributed by atoms with E-state index in [1.54, 1.807) is 0 Å². The minimum atomic E-state index is 0.347. The molecule has 0 bridgehead atoms. The highest BCUT2D eigenvalue weighted by molar-refractivity contribution is 9.10. The minimum Gasteiger partial charge on any atom is -0.309 e. The van der Waals surface area contributed by atoms with Crippen LogP contribution in [0.1, 0.15) is 65.5 Å². The van der Waals surface area contributed by atoms with Crippen LogP contribution in [0.25, 0.3) is 35.6 Å². The summed E-state index contributed by atoms with van der Waals surface area (Å²) in [6, 6.07) is 14.8. The third-order valence-corrected chi connectivity index (χ3v) is 6.98. The summed E-state index contributed by atoms with van der Waals surface area (Å²) in [5.41, 5.74) is 6.45. The number of benzene rings is 2. The maximum atomic E-state index is 6.45. The molecule has 0 saturated carbocycles. The minimum absolute atomic E-state index is 0.347. The molecule has 5 rings (SSSR count). The quantitative estimate of drug-likeness (QED) is 0.265. The molecule has 0 spiro atoms. The summed E-state index contributed by atoms with van der Waals surface area (Å²) < 4.78 is 3.30. The van der Waals surface area contributed by atoms with Crippen molar-refractivity contribution in [3.8, 4) is 18.5 Å². The topological polar surface area (TPSA) is 4.93 Å². The second-order valence-corrected chi connectivity index (χ2v) is 9.34. The number of hydrogen-bond donors (Lipinski definition) is 0. The molecule has 3 aromatic rings. The molecule has 2 aliphatic carbocycles. The summed E-state index contributed by atoms with van der Waals surface area (Å²) >= 11 is 10.1. The molecule has 2 aliphatic rings. The first-order chi connectivity index (χ1) is 18.0. The molecule has 1 unspecified atom stereocenters. The van der Waals surface area contributed by atoms with Crippen molar-refractivity contribution >= 4 is 57.4 Å². The van der Waals surface area contributed by atoms with Gasteiger partial charge in [-0.2, -0.15) is 0 Å². The summed E-state index contributed by atoms with van der Waals surface area (Å²) in [5.74, 6) is 0.347. The Labute approximate surface area is 236 Å². The number of nitrogens with zero attached hydrogens (tertiary/aromatic N) is 1. The molecule has 0 fully saturated rings. The van der Waals surface area contributed by atoms with Crippen LogP contribution in [0.5, 0.6) is 0 Å². The highest BCUT2D eigenvalue weighted by Crippen LogP contribution is 2.43. The van der Waals surface area contributed by atoms with Crippen LogP contribution in [0, 0.1) is 12.8 Å². The van der Waals surface area contributed by atoms with Gasteiger partial charge in [0.2, 0.25) is 0 Å². The van der Waals surface area contributed by atoms with Crippen molar-refractivity contribution in [2.45, 2.75) is 54.4 Å². The third kappa shape index (κ3) is 5.80. The van der Waals surface area contributed by atoms with Gasteiger partial charge < -0.3 is 4.57 Å². The van der Waals surface area contributed by atoms with Crippen LogP contribution in [0.2, 0.25) is 5.02 Å². The monoisotopic (exact) mass is 573 g/mol. The van der Waals surface area contributed by atoms with Crippen molar-refractivity contribution in [3.63, 3.8) is 0 Å². The molecule has 1 nitrogen and oxygen atoms in total. The second kappa shape index (κ2) is 14.1. The van der Waals surface area contributed by atoms with E-state index in [4.69, 9.17) is 11.6 Å². The van der Waals surface area contributed by atoms with E-state index in [2.05, 4.69) is 121 Å². The van der Waals surface area contributed by atoms with Crippen LogP contribution < -0.4 is 21.1 Å². The summed E-state index contributed by atoms with van der Waals surface area (Å²) in [7, 11) is 0. The number of rotatable bonds is 1. The van der Waals surface area contributed by atoms with Crippen molar-refractivity contribution in [2.75, 3.05) is 0 Å². The Kier molecular flexibility index (Phi) is 11.5. The molecular weight excluding hydrogens is 538 g/mol. The molecule has 0 amide bonds. The molecule has 1 atom stereocenters. The van der Waals surface area contributed by atoms with Gasteiger partial charge in [0.1, 0.15) is 0 Å². The van der Waals surface area contributed by atoms with Gasteiger partial charge in [0.05, 0.1) is 5.35 Å². The van der Waals surface area contributed by atoms with Crippen molar-refractivity contribution < 1.29 is 0 Å². The third-order valence-electron chi connectivity index (χ3n) is 6.30. The van der Waals surface area contributed by atoms with Gasteiger partial charge in [-0.05, 0) is 60.4 Å². The van der Waals surface area contributed by atoms with Gasteiger partial charge in [-0.1, -0.05) is 117 Å². The molecule has 1 heterocycles. The van der Waals surface area contributed by atoms with Crippen LogP contribution in [0.4, 0.5) is 0 Å². The van der Waals surface area contributed by atoms with Gasteiger partial charge in [-0.25, -0.2) is 0 Å². The lowest BCUT2D eigenvalue weighted by Crippen LogP contribution is -2.37. The lowest BCUT2D eigenvalue weighted by Gasteiger charge is -2.11. The fourth-order valence-corrected chi connectivity index (χ4v) is 5.79. The number of aromatic nitrogens is 1. The molecular formula is C34H37BrClN. The van der Waals surface area contributed by atoms with Gasteiger partial charge in [0.25, 0.3) is 0 Å². The van der Waals surface area contributed by atoms with E-state index < -0.39 is 0 Å². The maximum Gasteiger partial charge on any atom is 0.0544 e. The highest BCUT2D eigenvalue weighted by Gasteiger charge is 2.26. The van der Waals surface area contributed by atoms with Crippen LogP contribution in [-0.4, -0.2) is 4.57 Å². The molecule has 192 valence electrons. The molecule has 0 N–H and O–H groups in total. The Balaban J connectivity index is 0.000000750. The molecule has 37 heavy (non-hydrogen) atoms. The molecule has 0 saturated heterocycles. The van der Waals surface area contributed by atoms with E-state index in [1.165, 1.54) is 43.4 Å². The predicted octanol–water partition coefficient (Wildman–Crippen LogP) is 7.50. The van der Waals surface area contributed by atoms with Crippen molar-refractivity contribution in [1.29, 1.82) is 0 Å². The summed E-state index contributed by atoms with van der Waals surface area (Å²) in [6.07, 6.45) is 21.5. The predicted molar refractivity (Wildman–Crippen MR) is 170 cm³/mol. The summed E-state index contributed by atoms with van der Waals surface area (Å²) in [6.45, 7) is 14.5. The molecule has 0 radical (unpaired) electrons. The van der Waals surface area contributed by atoms with Gasteiger partial charge in [0.15, 0.2) is 0 Å². The number of terminal acetylenes is 1. The Morgan fingerprint density at radius 3 is 2.27 bits per heavy atom. The zero-order valence-corrected chi connectivity index (χ0v) is 25.3. The van der Waals surface area contributed by atoms with Gasteiger partial charge in [0, 0.05) is 36.9 Å². The first-order valence-electron chi connectivity index (χ1n) is 12.9. The fourth-order valence-electron chi connectivity index (χ4n) is 4.95. The first-order valence-corrected chi connectivity index (χ1v) is 14.1. The summed E-state index contributed by atoms with van der Waals surface area (Å²) in [4.78, 5) is 0. The van der Waals surface area contributed by atoms with Gasteiger partial charge in [-0.3, -0.25) is 0 Å². The van der Waals surface area contributed by atoms with Crippen LogP contribution >= 0.6 is 27.5 Å². The Hall–Kier alpha value is -2.99. The largest absolute Gasteiger partial charge is 0.309 e. The summed E-state index contributed by atoms with van der Waals surface area (Å²) in [5, 5.41) is 5.55. The van der Waals surface area contributed by atoms with Crippen LogP contribution in [-0.2, 0) is 0 Å². The second-order valence-electron chi connectivity index (χ2n) is 7.99. The van der Waals surface area contributed by atoms with Gasteiger partial charge in [-0.15, -0.1) is 12.8 Å². The van der Waals surface area contributed by atoms with Crippen LogP contribution in [0.3, 0.4) is 0 Å². The normalized spacial score (nSPS) is 16.5. The lowest BCUT2D eigenvalue weighted by atomic mass is 9.97. The zero-order chi connectivity index (χ0) is 27.7. The Morgan fingerprint density at radius 2 is 1.65 bits per heavy atom. The van der Waals surface area contributed by atoms with E-state index in [0.29, 0.717) is 10.9 Å². The Bertz CT molecular complexity index is 1560. The van der Waals surface area contributed by atoms with E-state index in [9.17, 15) is 0 Å². The molecule has 0 aliphatic heterocycles. The van der Waals surface area contributed by atoms with E-state index in [1.807, 2.05) is 39.8 Å². The van der Waals surface area contributed by atoms with E-state index in [-0.39, 0.29) is 0 Å².